The van der Waals surface area contributed by atoms with Crippen LogP contribution in [0.5, 0.6) is 0 Å². The highest BCUT2D eigenvalue weighted by molar-refractivity contribution is 7.16. The van der Waals surface area contributed by atoms with Crippen molar-refractivity contribution in [2.24, 2.45) is 0 Å². The zero-order valence-electron chi connectivity index (χ0n) is 14.3. The zero-order chi connectivity index (χ0) is 16.7. The Morgan fingerprint density at radius 1 is 0.833 bits per heavy atom. The number of rotatable bonds is 2. The summed E-state index contributed by atoms with van der Waals surface area (Å²) in [6.07, 6.45) is 2.29. The SMILES string of the molecule is CC(C)=Cc1sc(-c2c3ccccc3cc3ccccc23)cc1C. The summed E-state index contributed by atoms with van der Waals surface area (Å²) in [6, 6.07) is 22.1. The maximum atomic E-state index is 2.34. The van der Waals surface area contributed by atoms with Gasteiger partial charge in [-0.25, -0.2) is 0 Å². The number of allylic oxidation sites excluding steroid dienone is 1. The zero-order valence-corrected chi connectivity index (χ0v) is 15.1. The molecule has 3 aromatic carbocycles. The molecule has 0 fully saturated rings. The lowest BCUT2D eigenvalue weighted by molar-refractivity contribution is 1.42. The lowest BCUT2D eigenvalue weighted by Gasteiger charge is -2.10. The largest absolute Gasteiger partial charge is 0.136 e. The normalized spacial score (nSPS) is 11.1. The van der Waals surface area contributed by atoms with Crippen molar-refractivity contribution >= 4 is 39.0 Å². The van der Waals surface area contributed by atoms with Crippen molar-refractivity contribution in [2.45, 2.75) is 20.8 Å². The van der Waals surface area contributed by atoms with Crippen molar-refractivity contribution in [3.05, 3.63) is 76.7 Å². The molecule has 0 radical (unpaired) electrons. The number of thiophene rings is 1. The molecule has 0 aliphatic heterocycles. The fourth-order valence-corrected chi connectivity index (χ4v) is 4.61. The molecule has 0 unspecified atom stereocenters. The van der Waals surface area contributed by atoms with Crippen LogP contribution in [0.25, 0.3) is 38.1 Å². The van der Waals surface area contributed by atoms with Gasteiger partial charge in [0.1, 0.15) is 0 Å². The highest BCUT2D eigenvalue weighted by Crippen LogP contribution is 2.41. The number of fused-ring (bicyclic) bond motifs is 2. The first-order valence-electron chi connectivity index (χ1n) is 8.29. The van der Waals surface area contributed by atoms with Crippen LogP contribution in [0.3, 0.4) is 0 Å². The maximum Gasteiger partial charge on any atom is 0.0364 e. The summed E-state index contributed by atoms with van der Waals surface area (Å²) in [4.78, 5) is 2.72. The number of hydrogen-bond donors (Lipinski definition) is 0. The van der Waals surface area contributed by atoms with Gasteiger partial charge in [-0.05, 0) is 66.1 Å². The van der Waals surface area contributed by atoms with E-state index in [1.165, 1.54) is 48.0 Å². The molecule has 4 aromatic rings. The second-order valence-corrected chi connectivity index (χ2v) is 7.66. The van der Waals surface area contributed by atoms with E-state index in [2.05, 4.69) is 87.5 Å². The Hall–Kier alpha value is -2.38. The average molecular weight is 328 g/mol. The van der Waals surface area contributed by atoms with Crippen LogP contribution in [0.4, 0.5) is 0 Å². The van der Waals surface area contributed by atoms with Crippen LogP contribution in [-0.2, 0) is 0 Å². The van der Waals surface area contributed by atoms with Crippen molar-refractivity contribution in [1.29, 1.82) is 0 Å². The summed E-state index contributed by atoms with van der Waals surface area (Å²) in [7, 11) is 0. The Morgan fingerprint density at radius 2 is 1.42 bits per heavy atom. The van der Waals surface area contributed by atoms with Crippen molar-refractivity contribution in [3.8, 4) is 10.4 Å². The molecular weight excluding hydrogens is 308 g/mol. The Kier molecular flexibility index (Phi) is 3.74. The summed E-state index contributed by atoms with van der Waals surface area (Å²) in [5, 5.41) is 5.28. The van der Waals surface area contributed by atoms with Gasteiger partial charge in [-0.3, -0.25) is 0 Å². The molecule has 1 heteroatoms. The number of benzene rings is 3. The van der Waals surface area contributed by atoms with Crippen LogP contribution in [0.2, 0.25) is 0 Å². The predicted octanol–water partition coefficient (Wildman–Crippen LogP) is 7.45. The third-order valence-electron chi connectivity index (χ3n) is 4.39. The predicted molar refractivity (Wildman–Crippen MR) is 109 cm³/mol. The van der Waals surface area contributed by atoms with E-state index in [0.717, 1.165) is 0 Å². The van der Waals surface area contributed by atoms with Gasteiger partial charge >= 0.3 is 0 Å². The molecule has 0 aliphatic carbocycles. The molecule has 24 heavy (non-hydrogen) atoms. The molecule has 1 aromatic heterocycles. The van der Waals surface area contributed by atoms with Crippen LogP contribution >= 0.6 is 11.3 Å². The third-order valence-corrected chi connectivity index (χ3v) is 5.60. The van der Waals surface area contributed by atoms with E-state index >= 15 is 0 Å². The van der Waals surface area contributed by atoms with Gasteiger partial charge in [0.2, 0.25) is 0 Å². The van der Waals surface area contributed by atoms with Gasteiger partial charge in [0, 0.05) is 15.3 Å². The first-order chi connectivity index (χ1) is 11.6. The van der Waals surface area contributed by atoms with E-state index in [4.69, 9.17) is 0 Å². The Balaban J connectivity index is 2.09. The summed E-state index contributed by atoms with van der Waals surface area (Å²) >= 11 is 1.89. The van der Waals surface area contributed by atoms with Crippen LogP contribution < -0.4 is 0 Å². The highest BCUT2D eigenvalue weighted by atomic mass is 32.1. The summed E-state index contributed by atoms with van der Waals surface area (Å²) in [5.41, 5.74) is 4.06. The number of hydrogen-bond acceptors (Lipinski definition) is 1. The molecule has 0 nitrogen and oxygen atoms in total. The molecule has 0 amide bonds. The van der Waals surface area contributed by atoms with E-state index < -0.39 is 0 Å². The van der Waals surface area contributed by atoms with E-state index in [0.29, 0.717) is 0 Å². The second-order valence-electron chi connectivity index (χ2n) is 6.57. The molecule has 1 heterocycles. The van der Waals surface area contributed by atoms with Crippen LogP contribution in [0, 0.1) is 6.92 Å². The van der Waals surface area contributed by atoms with Gasteiger partial charge in [0.05, 0.1) is 0 Å². The van der Waals surface area contributed by atoms with Gasteiger partial charge in [0.15, 0.2) is 0 Å². The van der Waals surface area contributed by atoms with Gasteiger partial charge in [-0.2, -0.15) is 0 Å². The van der Waals surface area contributed by atoms with Gasteiger partial charge in [-0.1, -0.05) is 54.1 Å². The van der Waals surface area contributed by atoms with E-state index in [9.17, 15) is 0 Å². The quantitative estimate of drug-likeness (QED) is 0.335. The van der Waals surface area contributed by atoms with Gasteiger partial charge in [0.25, 0.3) is 0 Å². The first-order valence-corrected chi connectivity index (χ1v) is 9.11. The minimum Gasteiger partial charge on any atom is -0.136 e. The van der Waals surface area contributed by atoms with E-state index in [-0.39, 0.29) is 0 Å². The molecular formula is C23H20S. The molecule has 0 aliphatic rings. The van der Waals surface area contributed by atoms with Gasteiger partial charge < -0.3 is 0 Å². The maximum absolute atomic E-state index is 2.34. The Morgan fingerprint density at radius 3 is 2.00 bits per heavy atom. The van der Waals surface area contributed by atoms with Crippen molar-refractivity contribution in [3.63, 3.8) is 0 Å². The Labute approximate surface area is 147 Å². The van der Waals surface area contributed by atoms with E-state index in [1.807, 2.05) is 11.3 Å². The van der Waals surface area contributed by atoms with Crippen molar-refractivity contribution in [2.75, 3.05) is 0 Å². The minimum atomic E-state index is 1.31. The van der Waals surface area contributed by atoms with Crippen molar-refractivity contribution in [1.82, 2.24) is 0 Å². The summed E-state index contributed by atoms with van der Waals surface area (Å²) < 4.78 is 0. The molecule has 0 atom stereocenters. The molecule has 118 valence electrons. The lowest BCUT2D eigenvalue weighted by atomic mass is 9.95. The highest BCUT2D eigenvalue weighted by Gasteiger charge is 2.13. The molecule has 0 spiro atoms. The standard InChI is InChI=1S/C23H20S/c1-15(2)12-21-16(3)13-22(24-21)23-19-10-6-4-8-17(19)14-18-9-5-7-11-20(18)23/h4-14H,1-3H3. The molecule has 0 N–H and O–H groups in total. The first kappa shape index (κ1) is 15.2. The summed E-state index contributed by atoms with van der Waals surface area (Å²) in [6.45, 7) is 6.53. The smallest absolute Gasteiger partial charge is 0.0364 e. The second kappa shape index (κ2) is 5.92. The minimum absolute atomic E-state index is 1.31. The van der Waals surface area contributed by atoms with E-state index in [1.54, 1.807) is 0 Å². The third kappa shape index (κ3) is 2.55. The summed E-state index contributed by atoms with van der Waals surface area (Å²) in [5.74, 6) is 0. The van der Waals surface area contributed by atoms with Crippen molar-refractivity contribution < 1.29 is 0 Å². The molecule has 4 rings (SSSR count). The molecule has 0 saturated carbocycles. The van der Waals surface area contributed by atoms with Crippen LogP contribution in [0.1, 0.15) is 24.3 Å². The Bertz CT molecular complexity index is 1020. The molecule has 0 bridgehead atoms. The molecule has 0 saturated heterocycles. The topological polar surface area (TPSA) is 0 Å². The van der Waals surface area contributed by atoms with Gasteiger partial charge in [-0.15, -0.1) is 11.3 Å². The van der Waals surface area contributed by atoms with Crippen LogP contribution in [0.15, 0.2) is 66.2 Å². The van der Waals surface area contributed by atoms with Crippen LogP contribution in [-0.4, -0.2) is 0 Å². The fourth-order valence-electron chi connectivity index (χ4n) is 3.30. The average Bonchev–Trinajstić information content (AvgIpc) is 2.92. The lowest BCUT2D eigenvalue weighted by Crippen LogP contribution is -1.82. The fraction of sp³-hybridized carbons (Fsp3) is 0.130. The number of aryl methyl sites for hydroxylation is 1. The monoisotopic (exact) mass is 328 g/mol.